The van der Waals surface area contributed by atoms with Crippen molar-refractivity contribution in [2.45, 2.75) is 38.1 Å². The summed E-state index contributed by atoms with van der Waals surface area (Å²) < 4.78 is 45.4. The van der Waals surface area contributed by atoms with Crippen LogP contribution in [0.15, 0.2) is 41.2 Å². The number of aryl methyl sites for hydroxylation is 1. The average Bonchev–Trinajstić information content (AvgIpc) is 3.41. The van der Waals surface area contributed by atoms with Gasteiger partial charge in [0, 0.05) is 23.4 Å². The number of alkyl halides is 3. The Morgan fingerprint density at radius 2 is 1.75 bits per heavy atom. The molecule has 1 saturated carbocycles. The van der Waals surface area contributed by atoms with Crippen molar-refractivity contribution in [3.63, 3.8) is 0 Å². The van der Waals surface area contributed by atoms with Crippen LogP contribution in [-0.2, 0) is 6.18 Å². The number of carbonyl (C=O) groups excluding carboxylic acids is 1. The average molecular weight is 392 g/mol. The second-order valence-electron chi connectivity index (χ2n) is 7.30. The molecule has 1 aromatic heterocycles. The topological polar surface area (TPSA) is 51.5 Å². The number of hydrogen-bond acceptors (Lipinski definition) is 3. The number of hydrogen-bond donors (Lipinski definition) is 0. The number of amides is 1. The number of nitrogens with zero attached hydrogens (tertiary/aromatic N) is 2. The van der Waals surface area contributed by atoms with Crippen molar-refractivity contribution in [1.82, 2.24) is 9.47 Å². The Labute approximate surface area is 159 Å². The van der Waals surface area contributed by atoms with Gasteiger partial charge in [-0.3, -0.25) is 9.59 Å². The Kier molecular flexibility index (Phi) is 4.44. The van der Waals surface area contributed by atoms with Crippen LogP contribution in [0.25, 0.3) is 0 Å². The Hall–Kier alpha value is -2.77. The van der Waals surface area contributed by atoms with Crippen molar-refractivity contribution >= 4 is 5.91 Å². The minimum atomic E-state index is -4.43. The third kappa shape index (κ3) is 3.63. The molecular weight excluding hydrogens is 373 g/mol. The Balaban J connectivity index is 1.36. The normalized spacial score (nSPS) is 17.4. The van der Waals surface area contributed by atoms with Gasteiger partial charge >= 0.3 is 6.18 Å². The second kappa shape index (κ2) is 6.68. The highest BCUT2D eigenvalue weighted by molar-refractivity contribution is 5.94. The molecule has 1 saturated heterocycles. The van der Waals surface area contributed by atoms with E-state index in [2.05, 4.69) is 0 Å². The smallest absolute Gasteiger partial charge is 0.416 e. The van der Waals surface area contributed by atoms with Gasteiger partial charge in [0.05, 0.1) is 18.7 Å². The Morgan fingerprint density at radius 3 is 2.29 bits per heavy atom. The van der Waals surface area contributed by atoms with Gasteiger partial charge in [-0.1, -0.05) is 0 Å². The monoisotopic (exact) mass is 392 g/mol. The van der Waals surface area contributed by atoms with E-state index >= 15 is 0 Å². The predicted molar refractivity (Wildman–Crippen MR) is 95.5 cm³/mol. The third-order valence-corrected chi connectivity index (χ3v) is 5.04. The fraction of sp³-hybridized carbons (Fsp3) is 0.400. The first-order valence-electron chi connectivity index (χ1n) is 9.09. The first-order chi connectivity index (χ1) is 13.2. The molecular formula is C20H19F3N2O3. The van der Waals surface area contributed by atoms with Crippen LogP contribution >= 0.6 is 0 Å². The summed E-state index contributed by atoms with van der Waals surface area (Å²) in [6.45, 7) is 2.52. The molecule has 148 valence electrons. The highest BCUT2D eigenvalue weighted by Gasteiger charge is 2.34. The van der Waals surface area contributed by atoms with Crippen LogP contribution in [0.5, 0.6) is 5.75 Å². The summed E-state index contributed by atoms with van der Waals surface area (Å²) in [6.07, 6.45) is -2.63. The largest absolute Gasteiger partial charge is 0.486 e. The van der Waals surface area contributed by atoms with Gasteiger partial charge in [-0.2, -0.15) is 13.2 Å². The van der Waals surface area contributed by atoms with Crippen LogP contribution in [0, 0.1) is 6.92 Å². The lowest BCUT2D eigenvalue weighted by atomic mass is 10.1. The summed E-state index contributed by atoms with van der Waals surface area (Å²) in [4.78, 5) is 26.1. The molecule has 2 aromatic rings. The SMILES string of the molecule is Cc1cc(OC2CN(C(=O)c3ccc(C(F)(F)F)cc3)C2)cc(=O)n1C1CC1. The zero-order valence-electron chi connectivity index (χ0n) is 15.2. The van der Waals surface area contributed by atoms with Crippen LogP contribution in [0.2, 0.25) is 0 Å². The van der Waals surface area contributed by atoms with Crippen LogP contribution in [0.1, 0.15) is 40.5 Å². The fourth-order valence-electron chi connectivity index (χ4n) is 3.41. The first kappa shape index (κ1) is 18.6. The number of carbonyl (C=O) groups is 1. The van der Waals surface area contributed by atoms with Crippen molar-refractivity contribution in [2.75, 3.05) is 13.1 Å². The van der Waals surface area contributed by atoms with E-state index in [4.69, 9.17) is 4.74 Å². The van der Waals surface area contributed by atoms with Crippen molar-refractivity contribution in [3.8, 4) is 5.75 Å². The Bertz CT molecular complexity index is 956. The molecule has 0 atom stereocenters. The maximum Gasteiger partial charge on any atom is 0.416 e. The molecule has 1 amide bonds. The number of benzene rings is 1. The van der Waals surface area contributed by atoms with Gasteiger partial charge in [-0.15, -0.1) is 0 Å². The molecule has 28 heavy (non-hydrogen) atoms. The summed E-state index contributed by atoms with van der Waals surface area (Å²) in [5, 5.41) is 0. The van der Waals surface area contributed by atoms with E-state index in [1.807, 2.05) is 13.0 Å². The van der Waals surface area contributed by atoms with Gasteiger partial charge in [0.15, 0.2) is 0 Å². The molecule has 8 heteroatoms. The zero-order chi connectivity index (χ0) is 20.1. The highest BCUT2D eigenvalue weighted by Crippen LogP contribution is 2.35. The zero-order valence-corrected chi connectivity index (χ0v) is 15.2. The summed E-state index contributed by atoms with van der Waals surface area (Å²) in [5.74, 6) is 0.139. The number of pyridine rings is 1. The maximum atomic E-state index is 12.6. The molecule has 0 bridgehead atoms. The Morgan fingerprint density at radius 1 is 1.11 bits per heavy atom. The number of likely N-dealkylation sites (tertiary alicyclic amines) is 1. The lowest BCUT2D eigenvalue weighted by Gasteiger charge is -2.39. The number of aromatic nitrogens is 1. The molecule has 1 aliphatic heterocycles. The molecule has 2 fully saturated rings. The lowest BCUT2D eigenvalue weighted by Crippen LogP contribution is -2.56. The third-order valence-electron chi connectivity index (χ3n) is 5.04. The molecule has 4 rings (SSSR count). The van der Waals surface area contributed by atoms with Crippen molar-refractivity contribution in [1.29, 1.82) is 0 Å². The van der Waals surface area contributed by atoms with E-state index in [1.54, 1.807) is 4.57 Å². The van der Waals surface area contributed by atoms with Crippen LogP contribution in [0.4, 0.5) is 13.2 Å². The molecule has 0 spiro atoms. The maximum absolute atomic E-state index is 12.6. The number of rotatable bonds is 4. The van der Waals surface area contributed by atoms with Gasteiger partial charge in [-0.25, -0.2) is 0 Å². The van der Waals surface area contributed by atoms with Gasteiger partial charge in [0.2, 0.25) is 0 Å². The summed E-state index contributed by atoms with van der Waals surface area (Å²) in [7, 11) is 0. The minimum Gasteiger partial charge on any atom is -0.486 e. The van der Waals surface area contributed by atoms with Crippen molar-refractivity contribution < 1.29 is 22.7 Å². The molecule has 2 aliphatic rings. The number of halogens is 3. The molecule has 0 radical (unpaired) electrons. The molecule has 0 N–H and O–H groups in total. The van der Waals surface area contributed by atoms with Gasteiger partial charge in [0.1, 0.15) is 11.9 Å². The van der Waals surface area contributed by atoms with Gasteiger partial charge in [-0.05, 0) is 50.1 Å². The summed E-state index contributed by atoms with van der Waals surface area (Å²) >= 11 is 0. The predicted octanol–water partition coefficient (Wildman–Crippen LogP) is 3.41. The highest BCUT2D eigenvalue weighted by atomic mass is 19.4. The standard InChI is InChI=1S/C20H19F3N2O3/c1-12-8-16(9-18(26)25(12)15-6-7-15)28-17-10-24(11-17)19(27)13-2-4-14(5-3-13)20(21,22)23/h2-5,8-9,15,17H,6-7,10-11H2,1H3. The number of ether oxygens (including phenoxy) is 1. The van der Waals surface area contributed by atoms with E-state index in [0.29, 0.717) is 24.9 Å². The molecule has 0 unspecified atom stereocenters. The van der Waals surface area contributed by atoms with Crippen molar-refractivity contribution in [3.05, 3.63) is 63.6 Å². The van der Waals surface area contributed by atoms with Crippen LogP contribution in [0.3, 0.4) is 0 Å². The molecule has 1 aromatic carbocycles. The van der Waals surface area contributed by atoms with E-state index in [9.17, 15) is 22.8 Å². The summed E-state index contributed by atoms with van der Waals surface area (Å²) in [5.41, 5.74) is 0.177. The molecule has 5 nitrogen and oxygen atoms in total. The second-order valence-corrected chi connectivity index (χ2v) is 7.30. The van der Waals surface area contributed by atoms with Crippen molar-refractivity contribution in [2.24, 2.45) is 0 Å². The van der Waals surface area contributed by atoms with Gasteiger partial charge in [0.25, 0.3) is 11.5 Å². The fourth-order valence-corrected chi connectivity index (χ4v) is 3.41. The lowest BCUT2D eigenvalue weighted by molar-refractivity contribution is -0.137. The summed E-state index contributed by atoms with van der Waals surface area (Å²) in [6, 6.07) is 7.74. The molecule has 1 aliphatic carbocycles. The minimum absolute atomic E-state index is 0.0884. The van der Waals surface area contributed by atoms with E-state index in [-0.39, 0.29) is 23.1 Å². The van der Waals surface area contributed by atoms with E-state index in [1.165, 1.54) is 23.1 Å². The van der Waals surface area contributed by atoms with E-state index < -0.39 is 11.7 Å². The van der Waals surface area contributed by atoms with E-state index in [0.717, 1.165) is 30.7 Å². The van der Waals surface area contributed by atoms with Gasteiger partial charge < -0.3 is 14.2 Å². The van der Waals surface area contributed by atoms with Crippen LogP contribution in [-0.4, -0.2) is 34.6 Å². The first-order valence-corrected chi connectivity index (χ1v) is 9.09. The van der Waals surface area contributed by atoms with Crippen LogP contribution < -0.4 is 10.3 Å². The quantitative estimate of drug-likeness (QED) is 0.801. The molecule has 2 heterocycles.